The lowest BCUT2D eigenvalue weighted by Gasteiger charge is -2.04. The van der Waals surface area contributed by atoms with Crippen molar-refractivity contribution in [1.82, 2.24) is 0 Å². The highest BCUT2D eigenvalue weighted by Gasteiger charge is 2.08. The Labute approximate surface area is 91.4 Å². The quantitative estimate of drug-likeness (QED) is 0.673. The number of halogens is 4. The summed E-state index contributed by atoms with van der Waals surface area (Å²) in [4.78, 5) is -1.17. The van der Waals surface area contributed by atoms with Gasteiger partial charge >= 0.3 is 0 Å². The van der Waals surface area contributed by atoms with Crippen molar-refractivity contribution >= 4 is 46.4 Å². The molecule has 0 aromatic heterocycles. The standard InChI is InChI=1S/C8H5Cl4/c9-7(10)5-2-1-3-6(4-5)8(11)12/h1-3,7-8H. The van der Waals surface area contributed by atoms with Gasteiger partial charge in [-0.15, -0.1) is 46.4 Å². The molecule has 0 aliphatic heterocycles. The Bertz CT molecular complexity index is 234. The molecule has 0 fully saturated rings. The second-order valence-electron chi connectivity index (χ2n) is 2.16. The number of alkyl halides is 4. The number of benzene rings is 1. The van der Waals surface area contributed by atoms with E-state index in [9.17, 15) is 0 Å². The molecule has 1 radical (unpaired) electrons. The van der Waals surface area contributed by atoms with Gasteiger partial charge in [-0.3, -0.25) is 0 Å². The van der Waals surface area contributed by atoms with Crippen LogP contribution in [0.5, 0.6) is 0 Å². The summed E-state index contributed by atoms with van der Waals surface area (Å²) in [5.74, 6) is 0. The van der Waals surface area contributed by atoms with Gasteiger partial charge in [0.2, 0.25) is 0 Å². The highest BCUT2D eigenvalue weighted by molar-refractivity contribution is 6.44. The van der Waals surface area contributed by atoms with E-state index in [0.29, 0.717) is 11.1 Å². The first-order valence-corrected chi connectivity index (χ1v) is 4.94. The van der Waals surface area contributed by atoms with Crippen LogP contribution in [0.4, 0.5) is 0 Å². The molecule has 0 unspecified atom stereocenters. The number of hydrogen-bond donors (Lipinski definition) is 0. The van der Waals surface area contributed by atoms with Crippen LogP contribution in [0.2, 0.25) is 0 Å². The van der Waals surface area contributed by atoms with E-state index in [4.69, 9.17) is 46.4 Å². The van der Waals surface area contributed by atoms with E-state index in [0.717, 1.165) is 0 Å². The molecule has 0 spiro atoms. The van der Waals surface area contributed by atoms with Gasteiger partial charge in [-0.2, -0.15) is 0 Å². The molecule has 12 heavy (non-hydrogen) atoms. The van der Waals surface area contributed by atoms with Crippen molar-refractivity contribution in [2.45, 2.75) is 9.67 Å². The Balaban J connectivity index is 2.96. The maximum absolute atomic E-state index is 5.63. The van der Waals surface area contributed by atoms with Crippen molar-refractivity contribution in [3.63, 3.8) is 0 Å². The molecule has 0 saturated carbocycles. The molecule has 1 rings (SSSR count). The van der Waals surface area contributed by atoms with Gasteiger partial charge in [-0.05, 0) is 17.2 Å². The largest absolute Gasteiger partial charge is 0.133 e. The molecule has 0 heterocycles. The monoisotopic (exact) mass is 241 g/mol. The molecule has 1 aromatic carbocycles. The first-order chi connectivity index (χ1) is 5.61. The average molecular weight is 243 g/mol. The lowest BCUT2D eigenvalue weighted by atomic mass is 10.2. The third-order valence-electron chi connectivity index (χ3n) is 1.31. The van der Waals surface area contributed by atoms with Crippen molar-refractivity contribution in [2.24, 2.45) is 0 Å². The molecular formula is C8H5Cl4. The molecular weight excluding hydrogens is 238 g/mol. The lowest BCUT2D eigenvalue weighted by Crippen LogP contribution is -1.87. The highest BCUT2D eigenvalue weighted by Crippen LogP contribution is 2.29. The fraction of sp³-hybridized carbons (Fsp3) is 0.250. The topological polar surface area (TPSA) is 0 Å². The van der Waals surface area contributed by atoms with Crippen LogP contribution >= 0.6 is 46.4 Å². The van der Waals surface area contributed by atoms with Crippen LogP contribution in [-0.4, -0.2) is 0 Å². The molecule has 0 atom stereocenters. The SMILES string of the molecule is ClC(Cl)c1[c]c(C(Cl)Cl)ccc1. The first-order valence-electron chi connectivity index (χ1n) is 3.19. The van der Waals surface area contributed by atoms with Crippen molar-refractivity contribution in [3.05, 3.63) is 35.4 Å². The maximum atomic E-state index is 5.63. The van der Waals surface area contributed by atoms with Gasteiger partial charge in [0.25, 0.3) is 0 Å². The van der Waals surface area contributed by atoms with Gasteiger partial charge in [-0.1, -0.05) is 18.2 Å². The summed E-state index contributed by atoms with van der Waals surface area (Å²) >= 11 is 22.5. The van der Waals surface area contributed by atoms with Crippen LogP contribution < -0.4 is 0 Å². The summed E-state index contributed by atoms with van der Waals surface area (Å²) in [6.45, 7) is 0. The van der Waals surface area contributed by atoms with Crippen molar-refractivity contribution in [1.29, 1.82) is 0 Å². The predicted molar refractivity (Wildman–Crippen MR) is 54.2 cm³/mol. The third kappa shape index (κ3) is 2.70. The van der Waals surface area contributed by atoms with Gasteiger partial charge < -0.3 is 0 Å². The summed E-state index contributed by atoms with van der Waals surface area (Å²) in [6, 6.07) is 8.24. The Morgan fingerprint density at radius 2 is 1.33 bits per heavy atom. The number of hydrogen-bond acceptors (Lipinski definition) is 0. The van der Waals surface area contributed by atoms with Gasteiger partial charge in [0, 0.05) is 0 Å². The smallest absolute Gasteiger partial charge is 0.100 e. The Morgan fingerprint density at radius 1 is 0.917 bits per heavy atom. The molecule has 0 saturated heterocycles. The minimum Gasteiger partial charge on any atom is -0.100 e. The normalized spacial score (nSPS) is 11.2. The highest BCUT2D eigenvalue weighted by atomic mass is 35.5. The van der Waals surface area contributed by atoms with E-state index in [1.807, 2.05) is 0 Å². The predicted octanol–water partition coefficient (Wildman–Crippen LogP) is 4.44. The third-order valence-corrected chi connectivity index (χ3v) is 2.25. The van der Waals surface area contributed by atoms with E-state index in [2.05, 4.69) is 6.07 Å². The zero-order valence-corrected chi connectivity index (χ0v) is 8.92. The van der Waals surface area contributed by atoms with Crippen molar-refractivity contribution in [2.75, 3.05) is 0 Å². The zero-order valence-electron chi connectivity index (χ0n) is 5.90. The lowest BCUT2D eigenvalue weighted by molar-refractivity contribution is 1.26. The zero-order chi connectivity index (χ0) is 9.14. The molecule has 0 nitrogen and oxygen atoms in total. The van der Waals surface area contributed by atoms with Crippen LogP contribution in [0.25, 0.3) is 0 Å². The Hall–Kier alpha value is 0.380. The Morgan fingerprint density at radius 3 is 1.67 bits per heavy atom. The molecule has 0 amide bonds. The van der Waals surface area contributed by atoms with Gasteiger partial charge in [0.15, 0.2) is 0 Å². The van der Waals surface area contributed by atoms with Gasteiger partial charge in [0.1, 0.15) is 9.67 Å². The first kappa shape index (κ1) is 10.5. The average Bonchev–Trinajstić information content (AvgIpc) is 2.04. The van der Waals surface area contributed by atoms with Crippen LogP contribution in [-0.2, 0) is 0 Å². The second-order valence-corrected chi connectivity index (χ2v) is 4.36. The molecule has 65 valence electrons. The fourth-order valence-electron chi connectivity index (χ4n) is 0.760. The van der Waals surface area contributed by atoms with Crippen molar-refractivity contribution < 1.29 is 0 Å². The van der Waals surface area contributed by atoms with Crippen LogP contribution in [0.15, 0.2) is 18.2 Å². The number of rotatable bonds is 2. The summed E-state index contributed by atoms with van der Waals surface area (Å²) in [5.41, 5.74) is 1.37. The van der Waals surface area contributed by atoms with Crippen LogP contribution in [0, 0.1) is 6.07 Å². The molecule has 0 N–H and O–H groups in total. The van der Waals surface area contributed by atoms with Crippen LogP contribution in [0.1, 0.15) is 20.8 Å². The van der Waals surface area contributed by atoms with Gasteiger partial charge in [-0.25, -0.2) is 0 Å². The van der Waals surface area contributed by atoms with E-state index >= 15 is 0 Å². The van der Waals surface area contributed by atoms with E-state index in [1.54, 1.807) is 18.2 Å². The summed E-state index contributed by atoms with van der Waals surface area (Å²) in [5, 5.41) is 0. The maximum Gasteiger partial charge on any atom is 0.133 e. The summed E-state index contributed by atoms with van der Waals surface area (Å²) in [6.07, 6.45) is 0. The minimum atomic E-state index is -0.586. The van der Waals surface area contributed by atoms with E-state index in [1.165, 1.54) is 0 Å². The van der Waals surface area contributed by atoms with Gasteiger partial charge in [0.05, 0.1) is 0 Å². The Kier molecular flexibility index (Phi) is 3.98. The molecule has 4 heteroatoms. The molecule has 0 bridgehead atoms. The molecule has 1 aromatic rings. The fourth-order valence-corrected chi connectivity index (χ4v) is 1.27. The minimum absolute atomic E-state index is 0.586. The molecule has 0 aliphatic carbocycles. The van der Waals surface area contributed by atoms with E-state index < -0.39 is 9.67 Å². The van der Waals surface area contributed by atoms with Crippen LogP contribution in [0.3, 0.4) is 0 Å². The molecule has 0 aliphatic rings. The van der Waals surface area contributed by atoms with E-state index in [-0.39, 0.29) is 0 Å². The summed E-state index contributed by atoms with van der Waals surface area (Å²) in [7, 11) is 0. The summed E-state index contributed by atoms with van der Waals surface area (Å²) < 4.78 is 0. The second kappa shape index (κ2) is 4.57. The van der Waals surface area contributed by atoms with Crippen molar-refractivity contribution in [3.8, 4) is 0 Å².